The lowest BCUT2D eigenvalue weighted by molar-refractivity contribution is 0.112. The Hall–Kier alpha value is -1.61. The molecule has 0 spiro atoms. The lowest BCUT2D eigenvalue weighted by atomic mass is 10.0. The Labute approximate surface area is 101 Å². The summed E-state index contributed by atoms with van der Waals surface area (Å²) in [6.45, 7) is 2.09. The molecule has 0 radical (unpaired) electrons. The van der Waals surface area contributed by atoms with E-state index < -0.39 is 0 Å². The molecule has 3 nitrogen and oxygen atoms in total. The van der Waals surface area contributed by atoms with Gasteiger partial charge < -0.3 is 9.47 Å². The van der Waals surface area contributed by atoms with Gasteiger partial charge >= 0.3 is 0 Å². The molecule has 0 amide bonds. The first-order valence-corrected chi connectivity index (χ1v) is 5.94. The van der Waals surface area contributed by atoms with Crippen LogP contribution in [0.3, 0.4) is 0 Å². The summed E-state index contributed by atoms with van der Waals surface area (Å²) >= 11 is 0. The maximum Gasteiger partial charge on any atom is 0.150 e. The molecule has 0 unspecified atom stereocenters. The van der Waals surface area contributed by atoms with E-state index in [1.165, 1.54) is 22.2 Å². The van der Waals surface area contributed by atoms with Crippen molar-refractivity contribution in [2.45, 2.75) is 13.0 Å². The van der Waals surface area contributed by atoms with Crippen molar-refractivity contribution in [1.82, 2.24) is 9.47 Å². The fourth-order valence-corrected chi connectivity index (χ4v) is 2.78. The Morgan fingerprint density at radius 1 is 1.29 bits per heavy atom. The van der Waals surface area contributed by atoms with Gasteiger partial charge in [0.1, 0.15) is 6.29 Å². The van der Waals surface area contributed by atoms with Crippen molar-refractivity contribution in [3.8, 4) is 0 Å². The van der Waals surface area contributed by atoms with E-state index in [0.717, 1.165) is 31.4 Å². The van der Waals surface area contributed by atoms with Crippen LogP contribution in [0.15, 0.2) is 18.2 Å². The fraction of sp³-hybridized carbons (Fsp3) is 0.357. The molecule has 0 fully saturated rings. The summed E-state index contributed by atoms with van der Waals surface area (Å²) in [5.41, 5.74) is 4.81. The smallest absolute Gasteiger partial charge is 0.150 e. The molecule has 88 valence electrons. The van der Waals surface area contributed by atoms with Crippen LogP contribution in [-0.4, -0.2) is 29.3 Å². The van der Waals surface area contributed by atoms with Crippen LogP contribution in [0.4, 0.5) is 0 Å². The molecule has 0 aliphatic carbocycles. The van der Waals surface area contributed by atoms with Crippen molar-refractivity contribution in [3.05, 3.63) is 35.0 Å². The zero-order valence-corrected chi connectivity index (χ0v) is 10.2. The minimum atomic E-state index is 0.768. The summed E-state index contributed by atoms with van der Waals surface area (Å²) in [6, 6.07) is 5.97. The van der Waals surface area contributed by atoms with Crippen molar-refractivity contribution in [2.75, 3.05) is 13.6 Å². The number of aryl methyl sites for hydroxylation is 1. The van der Waals surface area contributed by atoms with Gasteiger partial charge in [-0.15, -0.1) is 0 Å². The number of aldehydes is 1. The van der Waals surface area contributed by atoms with E-state index in [4.69, 9.17) is 0 Å². The Morgan fingerprint density at radius 3 is 2.88 bits per heavy atom. The number of aromatic nitrogens is 1. The zero-order valence-electron chi connectivity index (χ0n) is 10.2. The van der Waals surface area contributed by atoms with Crippen LogP contribution in [0.25, 0.3) is 10.9 Å². The van der Waals surface area contributed by atoms with E-state index in [0.29, 0.717) is 0 Å². The average molecular weight is 228 g/mol. The van der Waals surface area contributed by atoms with Gasteiger partial charge in [0.15, 0.2) is 0 Å². The quantitative estimate of drug-likeness (QED) is 0.697. The van der Waals surface area contributed by atoms with Gasteiger partial charge in [0.05, 0.1) is 0 Å². The van der Waals surface area contributed by atoms with E-state index in [9.17, 15) is 4.79 Å². The van der Waals surface area contributed by atoms with Crippen molar-refractivity contribution in [2.24, 2.45) is 7.05 Å². The summed E-state index contributed by atoms with van der Waals surface area (Å²) in [6.07, 6.45) is 2.00. The molecule has 1 aliphatic heterocycles. The predicted molar refractivity (Wildman–Crippen MR) is 68.3 cm³/mol. The first-order valence-electron chi connectivity index (χ1n) is 5.94. The third-order valence-corrected chi connectivity index (χ3v) is 3.76. The molecule has 0 saturated carbocycles. The van der Waals surface area contributed by atoms with E-state index in [1.54, 1.807) is 0 Å². The molecule has 3 heteroatoms. The van der Waals surface area contributed by atoms with Crippen LogP contribution < -0.4 is 0 Å². The highest BCUT2D eigenvalue weighted by Crippen LogP contribution is 2.29. The maximum absolute atomic E-state index is 10.9. The Bertz CT molecular complexity index is 598. The van der Waals surface area contributed by atoms with E-state index in [1.807, 2.05) is 12.1 Å². The first-order chi connectivity index (χ1) is 8.20. The van der Waals surface area contributed by atoms with Crippen LogP contribution in [0, 0.1) is 0 Å². The van der Waals surface area contributed by atoms with Gasteiger partial charge in [0.25, 0.3) is 0 Å². The van der Waals surface area contributed by atoms with Gasteiger partial charge in [-0.2, -0.15) is 0 Å². The van der Waals surface area contributed by atoms with Crippen LogP contribution in [0.1, 0.15) is 21.6 Å². The standard InChI is InChI=1S/C14H16N2O/c1-15-6-5-11-12-7-10(9-17)3-4-13(12)16(2)14(11)8-15/h3-4,7,9H,5-6,8H2,1-2H3. The summed E-state index contributed by atoms with van der Waals surface area (Å²) in [4.78, 5) is 13.2. The number of benzene rings is 1. The lowest BCUT2D eigenvalue weighted by Gasteiger charge is -2.23. The van der Waals surface area contributed by atoms with Crippen LogP contribution in [0.5, 0.6) is 0 Å². The van der Waals surface area contributed by atoms with Gasteiger partial charge in [-0.05, 0) is 37.2 Å². The lowest BCUT2D eigenvalue weighted by Crippen LogP contribution is -2.27. The number of nitrogens with zero attached hydrogens (tertiary/aromatic N) is 2. The summed E-state index contributed by atoms with van der Waals surface area (Å²) in [7, 11) is 4.26. The number of likely N-dealkylation sites (N-methyl/N-ethyl adjacent to an activating group) is 1. The second-order valence-corrected chi connectivity index (χ2v) is 4.87. The maximum atomic E-state index is 10.9. The third kappa shape index (κ3) is 1.50. The van der Waals surface area contributed by atoms with E-state index >= 15 is 0 Å². The molecular formula is C14H16N2O. The molecule has 0 saturated heterocycles. The largest absolute Gasteiger partial charge is 0.346 e. The highest BCUT2D eigenvalue weighted by molar-refractivity contribution is 5.91. The molecule has 17 heavy (non-hydrogen) atoms. The second kappa shape index (κ2) is 3.70. The zero-order chi connectivity index (χ0) is 12.0. The van der Waals surface area contributed by atoms with Crippen molar-refractivity contribution < 1.29 is 4.79 Å². The monoisotopic (exact) mass is 228 g/mol. The predicted octanol–water partition coefficient (Wildman–Crippen LogP) is 1.98. The fourth-order valence-electron chi connectivity index (χ4n) is 2.78. The minimum absolute atomic E-state index is 0.768. The summed E-state index contributed by atoms with van der Waals surface area (Å²) < 4.78 is 2.26. The van der Waals surface area contributed by atoms with Gasteiger partial charge in [0, 0.05) is 42.3 Å². The Balaban J connectivity index is 2.29. The summed E-state index contributed by atoms with van der Waals surface area (Å²) in [5, 5.41) is 1.25. The number of carbonyl (C=O) groups is 1. The van der Waals surface area contributed by atoms with Crippen molar-refractivity contribution in [3.63, 3.8) is 0 Å². The average Bonchev–Trinajstić information content (AvgIpc) is 2.62. The topological polar surface area (TPSA) is 25.2 Å². The third-order valence-electron chi connectivity index (χ3n) is 3.76. The highest BCUT2D eigenvalue weighted by Gasteiger charge is 2.20. The molecule has 1 aromatic carbocycles. The second-order valence-electron chi connectivity index (χ2n) is 4.87. The molecule has 2 aromatic rings. The molecular weight excluding hydrogens is 212 g/mol. The number of hydrogen-bond donors (Lipinski definition) is 0. The number of carbonyl (C=O) groups excluding carboxylic acids is 1. The molecule has 2 heterocycles. The van der Waals surface area contributed by atoms with Crippen molar-refractivity contribution >= 4 is 17.2 Å². The number of fused-ring (bicyclic) bond motifs is 3. The van der Waals surface area contributed by atoms with Crippen LogP contribution in [0.2, 0.25) is 0 Å². The van der Waals surface area contributed by atoms with Gasteiger partial charge in [-0.1, -0.05) is 0 Å². The minimum Gasteiger partial charge on any atom is -0.346 e. The molecule has 0 atom stereocenters. The van der Waals surface area contributed by atoms with Gasteiger partial charge in [0.2, 0.25) is 0 Å². The number of rotatable bonds is 1. The Morgan fingerprint density at radius 2 is 2.12 bits per heavy atom. The van der Waals surface area contributed by atoms with Gasteiger partial charge in [-0.3, -0.25) is 4.79 Å². The first kappa shape index (κ1) is 10.5. The van der Waals surface area contributed by atoms with Gasteiger partial charge in [-0.25, -0.2) is 0 Å². The highest BCUT2D eigenvalue weighted by atomic mass is 16.1. The normalized spacial score (nSPS) is 16.1. The molecule has 0 bridgehead atoms. The summed E-state index contributed by atoms with van der Waals surface area (Å²) in [5.74, 6) is 0. The van der Waals surface area contributed by atoms with Crippen LogP contribution in [-0.2, 0) is 20.0 Å². The molecule has 1 aliphatic rings. The Kier molecular flexibility index (Phi) is 2.30. The SMILES string of the molecule is CN1CCc2c(n(C)c3ccc(C=O)cc23)C1. The molecule has 0 N–H and O–H groups in total. The van der Waals surface area contributed by atoms with Crippen LogP contribution >= 0.6 is 0 Å². The molecule has 1 aromatic heterocycles. The number of hydrogen-bond acceptors (Lipinski definition) is 2. The molecule has 3 rings (SSSR count). The van der Waals surface area contributed by atoms with Crippen molar-refractivity contribution in [1.29, 1.82) is 0 Å². The van der Waals surface area contributed by atoms with E-state index in [2.05, 4.69) is 29.6 Å². The van der Waals surface area contributed by atoms with E-state index in [-0.39, 0.29) is 0 Å².